The van der Waals surface area contributed by atoms with Crippen molar-refractivity contribution < 1.29 is 18.0 Å². The number of oxazole rings is 1. The molecule has 4 rings (SSSR count). The summed E-state index contributed by atoms with van der Waals surface area (Å²) in [4.78, 5) is 25.1. The number of aromatic nitrogens is 5. The molecule has 0 aliphatic carbocycles. The van der Waals surface area contributed by atoms with Gasteiger partial charge in [-0.3, -0.25) is 9.48 Å². The fourth-order valence-electron chi connectivity index (χ4n) is 2.80. The van der Waals surface area contributed by atoms with Crippen LogP contribution in [0.4, 0.5) is 20.5 Å². The number of nitrogens with one attached hydrogen (secondary N) is 2. The number of halogens is 2. The fraction of sp³-hybridized carbons (Fsp3) is 0.150. The van der Waals surface area contributed by atoms with Crippen LogP contribution in [0.5, 0.6) is 0 Å². The van der Waals surface area contributed by atoms with Crippen LogP contribution in [0.15, 0.2) is 47.3 Å². The van der Waals surface area contributed by atoms with Gasteiger partial charge in [0, 0.05) is 31.4 Å². The average molecular weight is 425 g/mol. The molecule has 3 aromatic heterocycles. The Morgan fingerprint density at radius 1 is 1.19 bits per heavy atom. The summed E-state index contributed by atoms with van der Waals surface area (Å²) in [5, 5.41) is 9.50. The molecular formula is C20H17F2N7O2. The van der Waals surface area contributed by atoms with Gasteiger partial charge in [-0.15, -0.1) is 0 Å². The van der Waals surface area contributed by atoms with Gasteiger partial charge in [0.15, 0.2) is 0 Å². The fourth-order valence-corrected chi connectivity index (χ4v) is 2.80. The number of carbonyl (C=O) groups is 1. The maximum Gasteiger partial charge on any atom is 0.307 e. The summed E-state index contributed by atoms with van der Waals surface area (Å²) < 4.78 is 34.3. The third-order valence-electron chi connectivity index (χ3n) is 4.46. The smallest absolute Gasteiger partial charge is 0.307 e. The number of amides is 1. The van der Waals surface area contributed by atoms with Crippen molar-refractivity contribution in [2.24, 2.45) is 7.05 Å². The Morgan fingerprint density at radius 2 is 1.97 bits per heavy atom. The van der Waals surface area contributed by atoms with E-state index < -0.39 is 17.5 Å². The van der Waals surface area contributed by atoms with E-state index >= 15 is 0 Å². The normalized spacial score (nSPS) is 10.8. The lowest BCUT2D eigenvalue weighted by molar-refractivity contribution is 0.0915. The number of hydrogen-bond acceptors (Lipinski definition) is 7. The summed E-state index contributed by atoms with van der Waals surface area (Å²) in [5.74, 6) is -1.47. The number of aryl methyl sites for hydroxylation is 2. The highest BCUT2D eigenvalue weighted by molar-refractivity contribution is 5.90. The number of rotatable bonds is 6. The Morgan fingerprint density at radius 3 is 2.68 bits per heavy atom. The van der Waals surface area contributed by atoms with E-state index in [0.717, 1.165) is 12.1 Å². The Balaban J connectivity index is 1.51. The average Bonchev–Trinajstić information content (AvgIpc) is 3.38. The van der Waals surface area contributed by atoms with E-state index in [4.69, 9.17) is 4.42 Å². The first-order chi connectivity index (χ1) is 14.9. The van der Waals surface area contributed by atoms with E-state index in [1.165, 1.54) is 12.3 Å². The van der Waals surface area contributed by atoms with Crippen LogP contribution in [0.3, 0.4) is 0 Å². The van der Waals surface area contributed by atoms with Crippen LogP contribution in [-0.4, -0.2) is 30.6 Å². The molecule has 9 nitrogen and oxygen atoms in total. The molecule has 1 amide bonds. The Bertz CT molecular complexity index is 1230. The zero-order valence-electron chi connectivity index (χ0n) is 16.6. The molecule has 31 heavy (non-hydrogen) atoms. The van der Waals surface area contributed by atoms with Gasteiger partial charge in [0.25, 0.3) is 5.89 Å². The van der Waals surface area contributed by atoms with Gasteiger partial charge in [-0.1, -0.05) is 6.07 Å². The molecule has 4 aromatic rings. The Kier molecular flexibility index (Phi) is 5.39. The number of benzene rings is 1. The number of nitrogens with zero attached hydrogens (tertiary/aromatic N) is 5. The van der Waals surface area contributed by atoms with Crippen molar-refractivity contribution in [2.75, 3.05) is 5.32 Å². The highest BCUT2D eigenvalue weighted by Gasteiger charge is 2.18. The van der Waals surface area contributed by atoms with Crippen molar-refractivity contribution in [1.82, 2.24) is 30.0 Å². The van der Waals surface area contributed by atoms with Crippen molar-refractivity contribution in [1.29, 1.82) is 0 Å². The molecule has 2 N–H and O–H groups in total. The van der Waals surface area contributed by atoms with Crippen molar-refractivity contribution in [2.45, 2.75) is 13.5 Å². The van der Waals surface area contributed by atoms with Crippen molar-refractivity contribution >= 4 is 17.7 Å². The first-order valence-corrected chi connectivity index (χ1v) is 9.18. The summed E-state index contributed by atoms with van der Waals surface area (Å²) in [6, 6.07) is 5.24. The predicted molar refractivity (Wildman–Crippen MR) is 106 cm³/mol. The zero-order chi connectivity index (χ0) is 22.0. The van der Waals surface area contributed by atoms with Crippen LogP contribution in [0.1, 0.15) is 21.8 Å². The largest absolute Gasteiger partial charge is 0.440 e. The lowest BCUT2D eigenvalue weighted by Gasteiger charge is -2.07. The zero-order valence-corrected chi connectivity index (χ0v) is 16.6. The van der Waals surface area contributed by atoms with E-state index in [0.29, 0.717) is 28.7 Å². The van der Waals surface area contributed by atoms with Gasteiger partial charge in [0.05, 0.1) is 6.20 Å². The Labute approximate surface area is 175 Å². The van der Waals surface area contributed by atoms with E-state index in [9.17, 15) is 13.6 Å². The Hall–Kier alpha value is -4.15. The van der Waals surface area contributed by atoms with Gasteiger partial charge in [-0.25, -0.2) is 23.7 Å². The lowest BCUT2D eigenvalue weighted by atomic mass is 10.2. The van der Waals surface area contributed by atoms with E-state index in [-0.39, 0.29) is 18.0 Å². The van der Waals surface area contributed by atoms with Crippen LogP contribution in [0.2, 0.25) is 0 Å². The van der Waals surface area contributed by atoms with Gasteiger partial charge >= 0.3 is 5.91 Å². The summed E-state index contributed by atoms with van der Waals surface area (Å²) in [6.07, 6.45) is 4.52. The monoisotopic (exact) mass is 425 g/mol. The topological polar surface area (TPSA) is 111 Å². The molecule has 0 saturated carbocycles. The van der Waals surface area contributed by atoms with Gasteiger partial charge in [0.1, 0.15) is 35.1 Å². The minimum atomic E-state index is -0.751. The third kappa shape index (κ3) is 4.25. The van der Waals surface area contributed by atoms with Crippen molar-refractivity contribution in [3.63, 3.8) is 0 Å². The van der Waals surface area contributed by atoms with Crippen molar-refractivity contribution in [3.05, 3.63) is 71.6 Å². The molecule has 0 unspecified atom stereocenters. The quantitative estimate of drug-likeness (QED) is 0.488. The standard InChI is InChI=1S/C20H17F2N7O2/c1-11-8-24-20(27-16-6-7-25-29(16)2)28-17(11)15-10-31-19(26-15)18(30)23-9-12-13(21)4-3-5-14(12)22/h3-8,10H,9H2,1-2H3,(H,23,30)(H,24,27,28). The molecule has 0 aliphatic rings. The first-order valence-electron chi connectivity index (χ1n) is 9.18. The maximum atomic E-state index is 13.7. The van der Waals surface area contributed by atoms with Crippen LogP contribution >= 0.6 is 0 Å². The molecule has 3 heterocycles. The molecule has 0 fully saturated rings. The van der Waals surface area contributed by atoms with Gasteiger partial charge in [-0.2, -0.15) is 5.10 Å². The van der Waals surface area contributed by atoms with Crippen LogP contribution in [0, 0.1) is 18.6 Å². The molecule has 1 aromatic carbocycles. The predicted octanol–water partition coefficient (Wildman–Crippen LogP) is 3.13. The van der Waals surface area contributed by atoms with E-state index in [1.807, 2.05) is 0 Å². The highest BCUT2D eigenvalue weighted by Crippen LogP contribution is 2.22. The van der Waals surface area contributed by atoms with Gasteiger partial charge in [-0.05, 0) is 24.6 Å². The molecule has 158 valence electrons. The van der Waals surface area contributed by atoms with Crippen LogP contribution < -0.4 is 10.6 Å². The number of carbonyl (C=O) groups excluding carboxylic acids is 1. The van der Waals surface area contributed by atoms with Crippen LogP contribution in [0.25, 0.3) is 11.4 Å². The maximum absolute atomic E-state index is 13.7. The number of anilines is 2. The molecule has 0 spiro atoms. The second kappa shape index (κ2) is 8.30. The van der Waals surface area contributed by atoms with Gasteiger partial charge in [0.2, 0.25) is 5.95 Å². The number of hydrogen-bond donors (Lipinski definition) is 2. The summed E-state index contributed by atoms with van der Waals surface area (Å²) >= 11 is 0. The molecule has 0 saturated heterocycles. The highest BCUT2D eigenvalue weighted by atomic mass is 19.1. The molecule has 0 bridgehead atoms. The summed E-state index contributed by atoms with van der Waals surface area (Å²) in [7, 11) is 1.77. The second-order valence-corrected chi connectivity index (χ2v) is 6.61. The minimum Gasteiger partial charge on any atom is -0.440 e. The van der Waals surface area contributed by atoms with Crippen LogP contribution in [-0.2, 0) is 13.6 Å². The van der Waals surface area contributed by atoms with E-state index in [1.54, 1.807) is 37.1 Å². The second-order valence-electron chi connectivity index (χ2n) is 6.61. The third-order valence-corrected chi connectivity index (χ3v) is 4.46. The lowest BCUT2D eigenvalue weighted by Crippen LogP contribution is -2.24. The van der Waals surface area contributed by atoms with Crippen molar-refractivity contribution in [3.8, 4) is 11.4 Å². The molecule has 0 aliphatic heterocycles. The molecule has 0 radical (unpaired) electrons. The molecule has 11 heteroatoms. The summed E-state index contributed by atoms with van der Waals surface area (Å²) in [6.45, 7) is 1.44. The minimum absolute atomic E-state index is 0.250. The summed E-state index contributed by atoms with van der Waals surface area (Å²) in [5.41, 5.74) is 1.24. The SMILES string of the molecule is Cc1cnc(Nc2ccnn2C)nc1-c1coc(C(=O)NCc2c(F)cccc2F)n1. The van der Waals surface area contributed by atoms with E-state index in [2.05, 4.69) is 30.7 Å². The van der Waals surface area contributed by atoms with Gasteiger partial charge < -0.3 is 15.1 Å². The molecular weight excluding hydrogens is 408 g/mol. The first kappa shape index (κ1) is 20.1. The molecule has 0 atom stereocenters.